The number of hydrogen-bond acceptors (Lipinski definition) is 3. The number of para-hydroxylation sites is 1. The summed E-state index contributed by atoms with van der Waals surface area (Å²) in [4.78, 5) is 10.8. The molecular formula is C11H11O3-. The van der Waals surface area contributed by atoms with Gasteiger partial charge in [-0.05, 0) is 13.0 Å². The zero-order chi connectivity index (χ0) is 10.3. The Balaban J connectivity index is 2.56. The maximum Gasteiger partial charge on any atom is 0.132 e. The predicted octanol–water partition coefficient (Wildman–Crippen LogP) is 0.934. The van der Waals surface area contributed by atoms with Crippen molar-refractivity contribution in [3.8, 4) is 5.75 Å². The average Bonchev–Trinajstić information content (AvgIpc) is 2.43. The number of carboxylic acid groups (broad SMARTS) is 1. The predicted molar refractivity (Wildman–Crippen MR) is 49.3 cm³/mol. The summed E-state index contributed by atoms with van der Waals surface area (Å²) >= 11 is 0. The number of hydrogen-bond donors (Lipinski definition) is 0. The number of rotatable bonds is 1. The zero-order valence-electron chi connectivity index (χ0n) is 8.11. The van der Waals surface area contributed by atoms with E-state index >= 15 is 0 Å². The fraction of sp³-hybridized carbons (Fsp3) is 0.364. The van der Waals surface area contributed by atoms with Gasteiger partial charge in [0, 0.05) is 17.0 Å². The summed E-state index contributed by atoms with van der Waals surface area (Å²) in [5.41, 5.74) is 1.11. The SMILES string of the molecule is C[C@@H]1c2cccc(C(=O)[O-])c2O[C@@H]1C. The standard InChI is InChI=1S/C11H12O3/c1-6-7(2)14-10-8(6)4-3-5-9(10)11(12)13/h3-7H,1-2H3,(H,12,13)/p-1/t6-,7+/m0/s1. The third-order valence-corrected chi connectivity index (χ3v) is 2.76. The van der Waals surface area contributed by atoms with Gasteiger partial charge in [-0.3, -0.25) is 0 Å². The van der Waals surface area contributed by atoms with E-state index in [2.05, 4.69) is 0 Å². The van der Waals surface area contributed by atoms with Crippen LogP contribution in [0, 0.1) is 0 Å². The number of benzene rings is 1. The molecule has 3 nitrogen and oxygen atoms in total. The Hall–Kier alpha value is -1.51. The van der Waals surface area contributed by atoms with Gasteiger partial charge in [0.15, 0.2) is 0 Å². The van der Waals surface area contributed by atoms with Gasteiger partial charge in [0.2, 0.25) is 0 Å². The lowest BCUT2D eigenvalue weighted by atomic mass is 9.97. The number of carbonyl (C=O) groups is 1. The van der Waals surface area contributed by atoms with E-state index in [1.165, 1.54) is 6.07 Å². The van der Waals surface area contributed by atoms with Crippen LogP contribution in [0.15, 0.2) is 18.2 Å². The topological polar surface area (TPSA) is 49.4 Å². The number of ether oxygens (including phenoxy) is 1. The van der Waals surface area contributed by atoms with Gasteiger partial charge in [-0.2, -0.15) is 0 Å². The van der Waals surface area contributed by atoms with Gasteiger partial charge < -0.3 is 14.6 Å². The van der Waals surface area contributed by atoms with Crippen LogP contribution in [0.2, 0.25) is 0 Å². The molecule has 0 amide bonds. The Bertz CT molecular complexity index is 384. The van der Waals surface area contributed by atoms with E-state index in [0.29, 0.717) is 5.75 Å². The van der Waals surface area contributed by atoms with Crippen molar-refractivity contribution >= 4 is 5.97 Å². The van der Waals surface area contributed by atoms with Crippen molar-refractivity contribution in [2.75, 3.05) is 0 Å². The van der Waals surface area contributed by atoms with Crippen molar-refractivity contribution in [2.24, 2.45) is 0 Å². The van der Waals surface area contributed by atoms with Gasteiger partial charge in [-0.25, -0.2) is 0 Å². The maximum absolute atomic E-state index is 10.8. The van der Waals surface area contributed by atoms with E-state index in [4.69, 9.17) is 4.74 Å². The van der Waals surface area contributed by atoms with Crippen LogP contribution < -0.4 is 9.84 Å². The van der Waals surface area contributed by atoms with Crippen molar-refractivity contribution in [3.63, 3.8) is 0 Å². The summed E-state index contributed by atoms with van der Waals surface area (Å²) in [7, 11) is 0. The Kier molecular flexibility index (Phi) is 1.95. The van der Waals surface area contributed by atoms with Crippen LogP contribution in [0.4, 0.5) is 0 Å². The van der Waals surface area contributed by atoms with Gasteiger partial charge in [0.05, 0.1) is 5.97 Å². The second kappa shape index (κ2) is 3.01. The summed E-state index contributed by atoms with van der Waals surface area (Å²) in [6, 6.07) is 5.14. The zero-order valence-corrected chi connectivity index (χ0v) is 8.11. The van der Waals surface area contributed by atoms with Crippen LogP contribution in [-0.2, 0) is 0 Å². The van der Waals surface area contributed by atoms with E-state index in [-0.39, 0.29) is 17.6 Å². The molecule has 1 aromatic rings. The fourth-order valence-corrected chi connectivity index (χ4v) is 1.75. The summed E-state index contributed by atoms with van der Waals surface area (Å²) in [6.07, 6.45) is 0.0329. The molecule has 0 spiro atoms. The van der Waals surface area contributed by atoms with E-state index in [1.807, 2.05) is 19.9 Å². The molecule has 1 aliphatic rings. The van der Waals surface area contributed by atoms with Crippen LogP contribution >= 0.6 is 0 Å². The highest BCUT2D eigenvalue weighted by molar-refractivity contribution is 5.90. The van der Waals surface area contributed by atoms with E-state index in [9.17, 15) is 9.90 Å². The molecule has 2 atom stereocenters. The summed E-state index contributed by atoms with van der Waals surface area (Å²) in [5.74, 6) is -0.458. The molecule has 0 radical (unpaired) electrons. The quantitative estimate of drug-likeness (QED) is 0.663. The first kappa shape index (κ1) is 9.06. The lowest BCUT2D eigenvalue weighted by Gasteiger charge is -2.09. The Morgan fingerprint density at radius 2 is 2.14 bits per heavy atom. The molecule has 0 unspecified atom stereocenters. The van der Waals surface area contributed by atoms with E-state index in [1.54, 1.807) is 6.07 Å². The van der Waals surface area contributed by atoms with E-state index < -0.39 is 5.97 Å². The van der Waals surface area contributed by atoms with Gasteiger partial charge >= 0.3 is 0 Å². The highest BCUT2D eigenvalue weighted by Gasteiger charge is 2.29. The van der Waals surface area contributed by atoms with E-state index in [0.717, 1.165) is 5.56 Å². The molecule has 1 heterocycles. The molecule has 1 aliphatic heterocycles. The van der Waals surface area contributed by atoms with Crippen molar-refractivity contribution in [1.82, 2.24) is 0 Å². The van der Waals surface area contributed by atoms with Crippen LogP contribution in [0.25, 0.3) is 0 Å². The fourth-order valence-electron chi connectivity index (χ4n) is 1.75. The third kappa shape index (κ3) is 1.16. The first-order valence-electron chi connectivity index (χ1n) is 4.62. The molecule has 3 heteroatoms. The molecule has 0 saturated carbocycles. The molecule has 74 valence electrons. The molecule has 0 aromatic heterocycles. The summed E-state index contributed by atoms with van der Waals surface area (Å²) in [6.45, 7) is 3.96. The Morgan fingerprint density at radius 3 is 2.79 bits per heavy atom. The molecule has 0 bridgehead atoms. The number of fused-ring (bicyclic) bond motifs is 1. The normalized spacial score (nSPS) is 24.1. The maximum atomic E-state index is 10.8. The van der Waals surface area contributed by atoms with Crippen LogP contribution in [-0.4, -0.2) is 12.1 Å². The van der Waals surface area contributed by atoms with Gasteiger partial charge in [-0.1, -0.05) is 19.1 Å². The molecule has 2 rings (SSSR count). The minimum absolute atomic E-state index is 0.0329. The first-order valence-corrected chi connectivity index (χ1v) is 4.62. The number of aromatic carboxylic acids is 1. The van der Waals surface area contributed by atoms with Crippen LogP contribution in [0.5, 0.6) is 5.75 Å². The molecular weight excluding hydrogens is 180 g/mol. The molecule has 0 aliphatic carbocycles. The molecule has 14 heavy (non-hydrogen) atoms. The first-order chi connectivity index (χ1) is 6.61. The second-order valence-corrected chi connectivity index (χ2v) is 3.62. The van der Waals surface area contributed by atoms with Crippen LogP contribution in [0.3, 0.4) is 0 Å². The number of carboxylic acids is 1. The van der Waals surface area contributed by atoms with Gasteiger partial charge in [-0.15, -0.1) is 0 Å². The largest absolute Gasteiger partial charge is 0.545 e. The van der Waals surface area contributed by atoms with Crippen molar-refractivity contribution < 1.29 is 14.6 Å². The minimum atomic E-state index is -1.18. The third-order valence-electron chi connectivity index (χ3n) is 2.76. The second-order valence-electron chi connectivity index (χ2n) is 3.62. The van der Waals surface area contributed by atoms with Gasteiger partial charge in [0.25, 0.3) is 0 Å². The summed E-state index contributed by atoms with van der Waals surface area (Å²) < 4.78 is 5.49. The molecule has 0 N–H and O–H groups in total. The lowest BCUT2D eigenvalue weighted by Crippen LogP contribution is -2.23. The highest BCUT2D eigenvalue weighted by atomic mass is 16.5. The molecule has 1 aromatic carbocycles. The average molecular weight is 191 g/mol. The lowest BCUT2D eigenvalue weighted by molar-refractivity contribution is -0.255. The van der Waals surface area contributed by atoms with Crippen LogP contribution in [0.1, 0.15) is 35.7 Å². The monoisotopic (exact) mass is 191 g/mol. The number of carbonyl (C=O) groups excluding carboxylic acids is 1. The molecule has 0 saturated heterocycles. The Morgan fingerprint density at radius 1 is 1.43 bits per heavy atom. The minimum Gasteiger partial charge on any atom is -0.545 e. The van der Waals surface area contributed by atoms with Crippen molar-refractivity contribution in [3.05, 3.63) is 29.3 Å². The van der Waals surface area contributed by atoms with Crippen molar-refractivity contribution in [1.29, 1.82) is 0 Å². The van der Waals surface area contributed by atoms with Crippen molar-refractivity contribution in [2.45, 2.75) is 25.9 Å². The highest BCUT2D eigenvalue weighted by Crippen LogP contribution is 2.39. The smallest absolute Gasteiger partial charge is 0.132 e. The van der Waals surface area contributed by atoms with Gasteiger partial charge in [0.1, 0.15) is 11.9 Å². The Labute approximate surface area is 82.3 Å². The summed E-state index contributed by atoms with van der Waals surface area (Å²) in [5, 5.41) is 10.8. The molecule has 0 fully saturated rings.